The minimum absolute atomic E-state index is 0.0658. The monoisotopic (exact) mass is 657 g/mol. The van der Waals surface area contributed by atoms with Crippen molar-refractivity contribution in [3.8, 4) is 23.2 Å². The molecule has 47 heavy (non-hydrogen) atoms. The molecule has 4 aromatic heterocycles. The Hall–Kier alpha value is -5.54. The number of likely N-dealkylation sites (tertiary alicyclic amines) is 1. The van der Waals surface area contributed by atoms with Crippen molar-refractivity contribution in [1.82, 2.24) is 30.0 Å². The molecule has 1 aliphatic heterocycles. The van der Waals surface area contributed by atoms with Crippen LogP contribution in [0.3, 0.4) is 0 Å². The van der Waals surface area contributed by atoms with Crippen molar-refractivity contribution in [2.45, 2.75) is 44.7 Å². The Morgan fingerprint density at radius 3 is 2.38 bits per heavy atom. The number of nitrogens with two attached hydrogens (primary N) is 1. The third-order valence-corrected chi connectivity index (χ3v) is 8.14. The summed E-state index contributed by atoms with van der Waals surface area (Å²) in [4.78, 5) is 48.3. The van der Waals surface area contributed by atoms with E-state index in [9.17, 15) is 14.4 Å². The number of aromatic nitrogens is 5. The van der Waals surface area contributed by atoms with Crippen LogP contribution in [-0.2, 0) is 21.5 Å². The van der Waals surface area contributed by atoms with Crippen LogP contribution in [0, 0.1) is 6.92 Å². The number of hydrogen-bond acceptors (Lipinski definition) is 12. The lowest BCUT2D eigenvalue weighted by Gasteiger charge is -2.23. The number of carboxylic acids is 2. The van der Waals surface area contributed by atoms with Crippen molar-refractivity contribution in [2.24, 2.45) is 5.73 Å². The van der Waals surface area contributed by atoms with E-state index >= 15 is 0 Å². The van der Waals surface area contributed by atoms with E-state index < -0.39 is 17.5 Å². The number of oxazole rings is 1. The first-order chi connectivity index (χ1) is 22.5. The average Bonchev–Trinajstić information content (AvgIpc) is 3.87. The summed E-state index contributed by atoms with van der Waals surface area (Å²) in [5.41, 5.74) is 8.85. The second-order valence-corrected chi connectivity index (χ2v) is 11.8. The molecule has 242 valence electrons. The topological polar surface area (TPSA) is 212 Å². The summed E-state index contributed by atoms with van der Waals surface area (Å²) in [5, 5.41) is 27.1. The molecule has 1 fully saturated rings. The first kappa shape index (κ1) is 32.8. The number of nitrogens with zero attached hydrogens (tertiary/aromatic N) is 6. The van der Waals surface area contributed by atoms with Gasteiger partial charge in [-0.25, -0.2) is 24.5 Å². The number of hydrogen-bond donors (Lipinski definition) is 3. The van der Waals surface area contributed by atoms with E-state index in [2.05, 4.69) is 25.1 Å². The fraction of sp³-hybridized carbons (Fsp3) is 0.250. The number of carbonyl (C=O) groups excluding carboxylic acids is 1. The number of aliphatic carboxylic acids is 2. The molecule has 1 amide bonds. The number of aryl methyl sites for hydroxylation is 1. The van der Waals surface area contributed by atoms with Gasteiger partial charge < -0.3 is 29.7 Å². The molecule has 1 aliphatic rings. The molecule has 14 nitrogen and oxygen atoms in total. The number of benzene rings is 1. The van der Waals surface area contributed by atoms with Crippen LogP contribution in [-0.4, -0.2) is 64.7 Å². The number of carboxylic acid groups (broad SMARTS) is 2. The Kier molecular flexibility index (Phi) is 9.97. The summed E-state index contributed by atoms with van der Waals surface area (Å²) in [6, 6.07) is 13.2. The Morgan fingerprint density at radius 2 is 1.77 bits per heavy atom. The van der Waals surface area contributed by atoms with Crippen LogP contribution >= 0.6 is 11.3 Å². The number of pyridine rings is 1. The van der Waals surface area contributed by atoms with E-state index in [-0.39, 0.29) is 29.6 Å². The lowest BCUT2D eigenvalue weighted by atomic mass is 9.94. The zero-order valence-corrected chi connectivity index (χ0v) is 26.3. The van der Waals surface area contributed by atoms with Crippen LogP contribution in [0.25, 0.3) is 23.2 Å². The van der Waals surface area contributed by atoms with Crippen LogP contribution < -0.4 is 5.73 Å². The Morgan fingerprint density at radius 1 is 1.06 bits per heavy atom. The van der Waals surface area contributed by atoms with Gasteiger partial charge in [-0.1, -0.05) is 30.3 Å². The third kappa shape index (κ3) is 8.19. The second kappa shape index (κ2) is 14.3. The highest BCUT2D eigenvalue weighted by Crippen LogP contribution is 2.36. The maximum absolute atomic E-state index is 13.8. The molecule has 1 aromatic carbocycles. The van der Waals surface area contributed by atoms with E-state index in [0.29, 0.717) is 42.1 Å². The molecule has 5 heterocycles. The minimum atomic E-state index is -1.26. The second-order valence-electron chi connectivity index (χ2n) is 10.9. The number of amides is 1. The van der Waals surface area contributed by atoms with Gasteiger partial charge in [0.25, 0.3) is 11.8 Å². The van der Waals surface area contributed by atoms with Gasteiger partial charge in [0.05, 0.1) is 17.8 Å². The molecular weight excluding hydrogens is 626 g/mol. The summed E-state index contributed by atoms with van der Waals surface area (Å²) in [7, 11) is 0. The standard InChI is InChI=1S/C28H27N7O3S.C4H4O4/c1-17-16-39-25(31-17)22-9-6-11-35(22)26(36)19-13-20(23-30-10-12-37-23)32-21(14-19)24-33-34-27(38-24)28(2,29)15-18-7-4-3-5-8-18;5-3(6)1-2-4(7)8/h3-5,7-8,10,12-14,16,22H,6,9,11,15,29H2,1-2H3;1-2H,(H,5,6)(H,7,8)/b;2-1+/t22-,28-;/m1./s1. The summed E-state index contributed by atoms with van der Waals surface area (Å²) in [6.45, 7) is 4.45. The minimum Gasteiger partial charge on any atom is -0.478 e. The highest BCUT2D eigenvalue weighted by atomic mass is 32.1. The number of carbonyl (C=O) groups is 3. The van der Waals surface area contributed by atoms with Gasteiger partial charge in [-0.15, -0.1) is 21.5 Å². The van der Waals surface area contributed by atoms with E-state index in [1.165, 1.54) is 12.5 Å². The molecule has 15 heteroatoms. The fourth-order valence-corrected chi connectivity index (χ4v) is 5.92. The normalized spacial score (nSPS) is 15.6. The fourth-order valence-electron chi connectivity index (χ4n) is 4.98. The van der Waals surface area contributed by atoms with Crippen LogP contribution in [0.5, 0.6) is 0 Å². The average molecular weight is 658 g/mol. The predicted octanol–water partition coefficient (Wildman–Crippen LogP) is 4.66. The van der Waals surface area contributed by atoms with Crippen LogP contribution in [0.4, 0.5) is 0 Å². The van der Waals surface area contributed by atoms with Crippen molar-refractivity contribution < 1.29 is 33.4 Å². The molecule has 0 aliphatic carbocycles. The molecule has 0 saturated carbocycles. The summed E-state index contributed by atoms with van der Waals surface area (Å²) >= 11 is 1.58. The molecule has 0 bridgehead atoms. The van der Waals surface area contributed by atoms with Gasteiger partial charge in [0.1, 0.15) is 22.7 Å². The van der Waals surface area contributed by atoms with Gasteiger partial charge in [-0.2, -0.15) is 0 Å². The largest absolute Gasteiger partial charge is 0.478 e. The Balaban J connectivity index is 0.000000483. The first-order valence-electron chi connectivity index (χ1n) is 14.5. The van der Waals surface area contributed by atoms with Crippen molar-refractivity contribution >= 4 is 29.2 Å². The lowest BCUT2D eigenvalue weighted by molar-refractivity contribution is -0.134. The van der Waals surface area contributed by atoms with Crippen LogP contribution in [0.1, 0.15) is 58.3 Å². The molecule has 1 saturated heterocycles. The molecule has 5 aromatic rings. The van der Waals surface area contributed by atoms with Crippen molar-refractivity contribution in [2.75, 3.05) is 6.54 Å². The van der Waals surface area contributed by atoms with E-state index in [0.717, 1.165) is 29.1 Å². The SMILES string of the molecule is Cc1csc([C@H]2CCCN2C(=O)c2cc(-c3ncco3)nc(-c3nnc([C@](C)(N)Cc4ccccc4)o3)c2)n1.O=C(O)/C=C/C(=O)O. The maximum Gasteiger partial charge on any atom is 0.328 e. The van der Waals surface area contributed by atoms with Crippen LogP contribution in [0.2, 0.25) is 0 Å². The van der Waals surface area contributed by atoms with Gasteiger partial charge in [-0.05, 0) is 50.8 Å². The summed E-state index contributed by atoms with van der Waals surface area (Å²) in [6.07, 6.45) is 6.39. The summed E-state index contributed by atoms with van der Waals surface area (Å²) < 4.78 is 11.5. The molecule has 6 rings (SSSR count). The van der Waals surface area contributed by atoms with E-state index in [4.69, 9.17) is 24.8 Å². The lowest BCUT2D eigenvalue weighted by Crippen LogP contribution is -2.35. The molecule has 0 spiro atoms. The Bertz CT molecular complexity index is 1870. The molecule has 4 N–H and O–H groups in total. The van der Waals surface area contributed by atoms with Gasteiger partial charge in [0.2, 0.25) is 11.8 Å². The maximum atomic E-state index is 13.8. The molecule has 0 radical (unpaired) electrons. The summed E-state index contributed by atoms with van der Waals surface area (Å²) in [5.74, 6) is -1.93. The number of thiazole rings is 1. The van der Waals surface area contributed by atoms with E-state index in [1.54, 1.807) is 23.5 Å². The van der Waals surface area contributed by atoms with Crippen molar-refractivity contribution in [3.05, 3.63) is 100 Å². The highest BCUT2D eigenvalue weighted by molar-refractivity contribution is 7.09. The predicted molar refractivity (Wildman–Crippen MR) is 169 cm³/mol. The molecule has 0 unspecified atom stereocenters. The highest BCUT2D eigenvalue weighted by Gasteiger charge is 2.34. The van der Waals surface area contributed by atoms with Crippen molar-refractivity contribution in [1.29, 1.82) is 0 Å². The number of rotatable bonds is 9. The van der Waals surface area contributed by atoms with E-state index in [1.807, 2.05) is 54.5 Å². The van der Waals surface area contributed by atoms with Gasteiger partial charge >= 0.3 is 11.9 Å². The first-order valence-corrected chi connectivity index (χ1v) is 15.3. The zero-order valence-electron chi connectivity index (χ0n) is 25.4. The quantitative estimate of drug-likeness (QED) is 0.184. The zero-order chi connectivity index (χ0) is 33.6. The molecule has 2 atom stereocenters. The smallest absolute Gasteiger partial charge is 0.328 e. The van der Waals surface area contributed by atoms with Gasteiger partial charge in [0.15, 0.2) is 0 Å². The van der Waals surface area contributed by atoms with Crippen molar-refractivity contribution in [3.63, 3.8) is 0 Å². The Labute approximate surface area is 272 Å². The molecular formula is C32H31N7O7S. The van der Waals surface area contributed by atoms with Crippen LogP contribution in [0.15, 0.2) is 81.3 Å². The van der Waals surface area contributed by atoms with Gasteiger partial charge in [-0.3, -0.25) is 4.79 Å². The van der Waals surface area contributed by atoms with Gasteiger partial charge in [0, 0.05) is 35.3 Å². The third-order valence-electron chi connectivity index (χ3n) is 7.07.